The van der Waals surface area contributed by atoms with Crippen LogP contribution in [0.4, 0.5) is 0 Å². The van der Waals surface area contributed by atoms with Gasteiger partial charge in [0.1, 0.15) is 0 Å². The van der Waals surface area contributed by atoms with Gasteiger partial charge in [0, 0.05) is 30.7 Å². The Kier molecular flexibility index (Phi) is 6.43. The number of halogens is 1. The van der Waals surface area contributed by atoms with Crippen LogP contribution in [-0.2, 0) is 13.1 Å². The molecule has 112 valence electrons. The molecule has 0 saturated heterocycles. The number of likely N-dealkylation sites (N-methyl/N-ethyl adjacent to an activating group) is 1. The molecule has 0 spiro atoms. The highest BCUT2D eigenvalue weighted by molar-refractivity contribution is 9.10. The van der Waals surface area contributed by atoms with Gasteiger partial charge in [0.05, 0.1) is 0 Å². The molecule has 0 aliphatic carbocycles. The fourth-order valence-electron chi connectivity index (χ4n) is 2.26. The van der Waals surface area contributed by atoms with Gasteiger partial charge in [-0.2, -0.15) is 0 Å². The lowest BCUT2D eigenvalue weighted by molar-refractivity contribution is 0.226. The van der Waals surface area contributed by atoms with Gasteiger partial charge in [-0.3, -0.25) is 4.90 Å². The molecular formula is C18H23BrN2. The van der Waals surface area contributed by atoms with Gasteiger partial charge in [0.25, 0.3) is 0 Å². The van der Waals surface area contributed by atoms with Crippen molar-refractivity contribution in [1.29, 1.82) is 0 Å². The first-order chi connectivity index (χ1) is 10.1. The van der Waals surface area contributed by atoms with E-state index >= 15 is 0 Å². The highest BCUT2D eigenvalue weighted by atomic mass is 79.9. The first kappa shape index (κ1) is 16.2. The third kappa shape index (κ3) is 5.62. The van der Waals surface area contributed by atoms with Crippen molar-refractivity contribution in [2.45, 2.75) is 13.1 Å². The minimum absolute atomic E-state index is 0.962. The van der Waals surface area contributed by atoms with E-state index in [1.54, 1.807) is 0 Å². The van der Waals surface area contributed by atoms with Crippen LogP contribution in [0.5, 0.6) is 0 Å². The predicted molar refractivity (Wildman–Crippen MR) is 93.3 cm³/mol. The van der Waals surface area contributed by atoms with Crippen LogP contribution in [0.3, 0.4) is 0 Å². The number of hydrogen-bond acceptors (Lipinski definition) is 2. The summed E-state index contributed by atoms with van der Waals surface area (Å²) >= 11 is 3.65. The third-order valence-electron chi connectivity index (χ3n) is 3.46. The summed E-state index contributed by atoms with van der Waals surface area (Å²) < 4.78 is 1.19. The number of rotatable bonds is 7. The summed E-state index contributed by atoms with van der Waals surface area (Å²) in [6.45, 7) is 4.07. The van der Waals surface area contributed by atoms with Crippen molar-refractivity contribution in [2.24, 2.45) is 0 Å². The van der Waals surface area contributed by atoms with E-state index in [0.29, 0.717) is 0 Å². The predicted octanol–water partition coefficient (Wildman–Crippen LogP) is 4.01. The van der Waals surface area contributed by atoms with Crippen molar-refractivity contribution in [1.82, 2.24) is 9.80 Å². The van der Waals surface area contributed by atoms with Crippen LogP contribution in [0.15, 0.2) is 59.1 Å². The zero-order valence-electron chi connectivity index (χ0n) is 12.8. The van der Waals surface area contributed by atoms with E-state index < -0.39 is 0 Å². The standard InChI is InChI=1S/C18H23BrN2/c1-20(2)12-13-21(14-16-8-4-3-5-9-16)15-17-10-6-7-11-18(17)19/h3-11H,12-15H2,1-2H3. The lowest BCUT2D eigenvalue weighted by Gasteiger charge is -2.24. The van der Waals surface area contributed by atoms with Gasteiger partial charge < -0.3 is 4.90 Å². The molecule has 0 atom stereocenters. The summed E-state index contributed by atoms with van der Waals surface area (Å²) in [5.74, 6) is 0. The van der Waals surface area contributed by atoms with Crippen LogP contribution in [0.2, 0.25) is 0 Å². The molecule has 0 heterocycles. The molecule has 0 unspecified atom stereocenters. The first-order valence-electron chi connectivity index (χ1n) is 7.29. The maximum atomic E-state index is 3.65. The highest BCUT2D eigenvalue weighted by Crippen LogP contribution is 2.19. The average Bonchev–Trinajstić information content (AvgIpc) is 2.48. The summed E-state index contributed by atoms with van der Waals surface area (Å²) in [6, 6.07) is 19.2. The molecule has 0 aliphatic rings. The fourth-order valence-corrected chi connectivity index (χ4v) is 2.67. The van der Waals surface area contributed by atoms with Gasteiger partial charge in [-0.25, -0.2) is 0 Å². The molecule has 0 fully saturated rings. The second-order valence-electron chi connectivity index (χ2n) is 5.59. The Morgan fingerprint density at radius 3 is 2.14 bits per heavy atom. The van der Waals surface area contributed by atoms with Gasteiger partial charge in [0.15, 0.2) is 0 Å². The van der Waals surface area contributed by atoms with Crippen molar-refractivity contribution >= 4 is 15.9 Å². The summed E-state index contributed by atoms with van der Waals surface area (Å²) in [5, 5.41) is 0. The van der Waals surface area contributed by atoms with Crippen molar-refractivity contribution in [2.75, 3.05) is 27.2 Å². The SMILES string of the molecule is CN(C)CCN(Cc1ccccc1)Cc1ccccc1Br. The van der Waals surface area contributed by atoms with Crippen LogP contribution in [0.25, 0.3) is 0 Å². The zero-order valence-corrected chi connectivity index (χ0v) is 14.4. The van der Waals surface area contributed by atoms with Gasteiger partial charge in [-0.05, 0) is 31.3 Å². The Hall–Kier alpha value is -1.16. The van der Waals surface area contributed by atoms with Gasteiger partial charge in [-0.1, -0.05) is 64.5 Å². The van der Waals surface area contributed by atoms with Gasteiger partial charge >= 0.3 is 0 Å². The van der Waals surface area contributed by atoms with E-state index in [4.69, 9.17) is 0 Å². The molecule has 2 aromatic rings. The Morgan fingerprint density at radius 2 is 1.48 bits per heavy atom. The lowest BCUT2D eigenvalue weighted by Crippen LogP contribution is -2.31. The van der Waals surface area contributed by atoms with E-state index in [-0.39, 0.29) is 0 Å². The van der Waals surface area contributed by atoms with Crippen LogP contribution >= 0.6 is 15.9 Å². The summed E-state index contributed by atoms with van der Waals surface area (Å²) in [5.41, 5.74) is 2.70. The maximum absolute atomic E-state index is 3.65. The average molecular weight is 347 g/mol. The van der Waals surface area contributed by atoms with E-state index in [1.807, 2.05) is 0 Å². The minimum Gasteiger partial charge on any atom is -0.308 e. The zero-order chi connectivity index (χ0) is 15.1. The van der Waals surface area contributed by atoms with E-state index in [0.717, 1.165) is 26.2 Å². The van der Waals surface area contributed by atoms with Gasteiger partial charge in [-0.15, -0.1) is 0 Å². The van der Waals surface area contributed by atoms with Crippen LogP contribution in [0, 0.1) is 0 Å². The van der Waals surface area contributed by atoms with Crippen LogP contribution < -0.4 is 0 Å². The summed E-state index contributed by atoms with van der Waals surface area (Å²) in [4.78, 5) is 4.73. The molecule has 3 heteroatoms. The largest absolute Gasteiger partial charge is 0.308 e. The Balaban J connectivity index is 2.06. The lowest BCUT2D eigenvalue weighted by atomic mass is 10.1. The molecule has 2 rings (SSSR count). The Morgan fingerprint density at radius 1 is 0.810 bits per heavy atom. The van der Waals surface area contributed by atoms with E-state index in [1.165, 1.54) is 15.6 Å². The molecule has 0 aliphatic heterocycles. The summed E-state index contributed by atoms with van der Waals surface area (Å²) in [7, 11) is 4.25. The van der Waals surface area contributed by atoms with Crippen LogP contribution in [0.1, 0.15) is 11.1 Å². The van der Waals surface area contributed by atoms with Crippen molar-refractivity contribution in [3.8, 4) is 0 Å². The molecule has 2 aromatic carbocycles. The number of nitrogens with zero attached hydrogens (tertiary/aromatic N) is 2. The Labute approximate surface area is 136 Å². The molecule has 0 aromatic heterocycles. The third-order valence-corrected chi connectivity index (χ3v) is 4.24. The molecule has 0 radical (unpaired) electrons. The monoisotopic (exact) mass is 346 g/mol. The van der Waals surface area contributed by atoms with Crippen molar-refractivity contribution < 1.29 is 0 Å². The fraction of sp³-hybridized carbons (Fsp3) is 0.333. The van der Waals surface area contributed by atoms with E-state index in [9.17, 15) is 0 Å². The molecule has 0 bridgehead atoms. The molecule has 0 saturated carbocycles. The van der Waals surface area contributed by atoms with Crippen molar-refractivity contribution in [3.05, 3.63) is 70.2 Å². The van der Waals surface area contributed by atoms with Crippen molar-refractivity contribution in [3.63, 3.8) is 0 Å². The maximum Gasteiger partial charge on any atom is 0.0249 e. The number of hydrogen-bond donors (Lipinski definition) is 0. The molecule has 0 N–H and O–H groups in total. The molecule has 0 amide bonds. The van der Waals surface area contributed by atoms with Crippen LogP contribution in [-0.4, -0.2) is 37.0 Å². The number of benzene rings is 2. The quantitative estimate of drug-likeness (QED) is 0.747. The molecular weight excluding hydrogens is 324 g/mol. The second kappa shape index (κ2) is 8.32. The normalized spacial score (nSPS) is 11.3. The van der Waals surface area contributed by atoms with E-state index in [2.05, 4.69) is 94.4 Å². The minimum atomic E-state index is 0.962. The highest BCUT2D eigenvalue weighted by Gasteiger charge is 2.09. The summed E-state index contributed by atoms with van der Waals surface area (Å²) in [6.07, 6.45) is 0. The molecule has 2 nitrogen and oxygen atoms in total. The van der Waals surface area contributed by atoms with Gasteiger partial charge in [0.2, 0.25) is 0 Å². The Bertz CT molecular complexity index is 540. The smallest absolute Gasteiger partial charge is 0.0249 e. The second-order valence-corrected chi connectivity index (χ2v) is 6.45. The topological polar surface area (TPSA) is 6.48 Å². The first-order valence-corrected chi connectivity index (χ1v) is 8.09. The molecule has 21 heavy (non-hydrogen) atoms.